The van der Waals surface area contributed by atoms with E-state index in [2.05, 4.69) is 26.1 Å². The zero-order valence-corrected chi connectivity index (χ0v) is 18.8. The Morgan fingerprint density at radius 1 is 1.23 bits per heavy atom. The molecule has 1 atom stereocenters. The first-order chi connectivity index (χ1) is 15.1. The van der Waals surface area contributed by atoms with Gasteiger partial charge in [0.1, 0.15) is 16.8 Å². The van der Waals surface area contributed by atoms with E-state index in [0.29, 0.717) is 34.0 Å². The van der Waals surface area contributed by atoms with Crippen molar-refractivity contribution in [2.45, 2.75) is 19.4 Å². The molecule has 0 aliphatic carbocycles. The van der Waals surface area contributed by atoms with Crippen molar-refractivity contribution in [3.63, 3.8) is 0 Å². The number of aromatic nitrogens is 2. The highest BCUT2D eigenvalue weighted by Gasteiger charge is 2.45. The predicted molar refractivity (Wildman–Crippen MR) is 121 cm³/mol. The van der Waals surface area contributed by atoms with E-state index in [4.69, 9.17) is 9.15 Å². The van der Waals surface area contributed by atoms with Gasteiger partial charge in [0, 0.05) is 4.47 Å². The summed E-state index contributed by atoms with van der Waals surface area (Å²) >= 11 is 4.63. The zero-order valence-electron chi connectivity index (χ0n) is 16.4. The fourth-order valence-electron chi connectivity index (χ4n) is 3.72. The Morgan fingerprint density at radius 3 is 2.87 bits per heavy atom. The van der Waals surface area contributed by atoms with Crippen LogP contribution >= 0.6 is 27.3 Å². The fraction of sp³-hybridized carbons (Fsp3) is 0.182. The topological polar surface area (TPSA) is 85.5 Å². The van der Waals surface area contributed by atoms with Crippen molar-refractivity contribution in [1.82, 2.24) is 10.2 Å². The zero-order chi connectivity index (χ0) is 21.5. The van der Waals surface area contributed by atoms with Crippen molar-refractivity contribution < 1.29 is 13.9 Å². The van der Waals surface area contributed by atoms with Gasteiger partial charge in [0.2, 0.25) is 10.9 Å². The first-order valence-electron chi connectivity index (χ1n) is 9.67. The van der Waals surface area contributed by atoms with Crippen LogP contribution in [0.2, 0.25) is 0 Å². The molecule has 4 aromatic rings. The second kappa shape index (κ2) is 7.90. The average Bonchev–Trinajstić information content (AvgIpc) is 3.40. The van der Waals surface area contributed by atoms with Gasteiger partial charge in [-0.15, -0.1) is 10.2 Å². The van der Waals surface area contributed by atoms with Crippen molar-refractivity contribution in [1.29, 1.82) is 0 Å². The van der Waals surface area contributed by atoms with Crippen LogP contribution in [0.3, 0.4) is 0 Å². The largest absolute Gasteiger partial charge is 0.494 e. The van der Waals surface area contributed by atoms with Gasteiger partial charge in [0.25, 0.3) is 5.91 Å². The molecule has 2 aromatic heterocycles. The normalized spacial score (nSPS) is 15.5. The Morgan fingerprint density at radius 2 is 2.10 bits per heavy atom. The lowest BCUT2D eigenvalue weighted by molar-refractivity contribution is 0.0970. The van der Waals surface area contributed by atoms with E-state index in [-0.39, 0.29) is 11.2 Å². The number of carbonyl (C=O) groups excluding carboxylic acids is 1. The second-order valence-corrected chi connectivity index (χ2v) is 8.76. The van der Waals surface area contributed by atoms with Crippen molar-refractivity contribution in [3.8, 4) is 5.75 Å². The average molecular weight is 498 g/mol. The molecule has 1 aliphatic rings. The maximum Gasteiger partial charge on any atom is 0.297 e. The minimum absolute atomic E-state index is 0.0277. The monoisotopic (exact) mass is 497 g/mol. The van der Waals surface area contributed by atoms with Gasteiger partial charge >= 0.3 is 0 Å². The van der Waals surface area contributed by atoms with Crippen LogP contribution in [-0.2, 0) is 0 Å². The number of hydrogen-bond acceptors (Lipinski definition) is 7. The third kappa shape index (κ3) is 3.34. The van der Waals surface area contributed by atoms with E-state index < -0.39 is 11.9 Å². The van der Waals surface area contributed by atoms with Gasteiger partial charge in [-0.25, -0.2) is 0 Å². The summed E-state index contributed by atoms with van der Waals surface area (Å²) in [6.07, 6.45) is 0.871. The highest BCUT2D eigenvalue weighted by Crippen LogP contribution is 2.42. The first kappa shape index (κ1) is 19.9. The van der Waals surface area contributed by atoms with E-state index in [1.165, 1.54) is 16.2 Å². The Kier molecular flexibility index (Phi) is 5.07. The highest BCUT2D eigenvalue weighted by atomic mass is 79.9. The molecular formula is C22H16BrN3O4S. The van der Waals surface area contributed by atoms with Crippen molar-refractivity contribution >= 4 is 49.3 Å². The molecule has 156 valence electrons. The highest BCUT2D eigenvalue weighted by molar-refractivity contribution is 9.10. The minimum atomic E-state index is -0.694. The number of nitrogens with zero attached hydrogens (tertiary/aromatic N) is 3. The van der Waals surface area contributed by atoms with E-state index in [1.807, 2.05) is 31.2 Å². The van der Waals surface area contributed by atoms with Crippen LogP contribution in [0, 0.1) is 0 Å². The summed E-state index contributed by atoms with van der Waals surface area (Å²) in [4.78, 5) is 28.4. The SMILES string of the molecule is CCCOc1cccc(C2c3c(oc4ccc(Br)cc4c3=O)C(=O)N2c2nncs2)c1. The molecule has 5 rings (SSSR count). The maximum absolute atomic E-state index is 13.6. The Bertz CT molecular complexity index is 1350. The number of anilines is 1. The summed E-state index contributed by atoms with van der Waals surface area (Å²) in [6.45, 7) is 2.60. The van der Waals surface area contributed by atoms with E-state index in [9.17, 15) is 9.59 Å². The predicted octanol–water partition coefficient (Wildman–Crippen LogP) is 4.95. The quantitative estimate of drug-likeness (QED) is 0.387. The molecule has 2 aromatic carbocycles. The number of benzene rings is 2. The molecule has 9 heteroatoms. The molecule has 3 heterocycles. The first-order valence-corrected chi connectivity index (χ1v) is 11.3. The van der Waals surface area contributed by atoms with Gasteiger partial charge in [-0.05, 0) is 42.3 Å². The lowest BCUT2D eigenvalue weighted by Gasteiger charge is -2.22. The van der Waals surface area contributed by atoms with Crippen LogP contribution < -0.4 is 15.1 Å². The van der Waals surface area contributed by atoms with Crippen molar-refractivity contribution in [2.75, 3.05) is 11.5 Å². The van der Waals surface area contributed by atoms with E-state index >= 15 is 0 Å². The van der Waals surface area contributed by atoms with Gasteiger partial charge in [0.15, 0.2) is 5.43 Å². The Labute approximate surface area is 189 Å². The smallest absolute Gasteiger partial charge is 0.297 e. The summed E-state index contributed by atoms with van der Waals surface area (Å²) in [5.74, 6) is 0.281. The molecule has 1 aliphatic heterocycles. The lowest BCUT2D eigenvalue weighted by atomic mass is 9.98. The Balaban J connectivity index is 1.75. The lowest BCUT2D eigenvalue weighted by Crippen LogP contribution is -2.29. The number of carbonyl (C=O) groups is 1. The standard InChI is InChI=1S/C22H16BrN3O4S/c1-2-8-29-14-5-3-4-12(9-14)18-17-19(27)15-10-13(23)6-7-16(15)30-20(17)21(28)26(18)22-25-24-11-31-22/h3-7,9-11,18H,2,8H2,1H3. The second-order valence-electron chi connectivity index (χ2n) is 7.03. The molecule has 0 fully saturated rings. The van der Waals surface area contributed by atoms with Crippen LogP contribution in [0.15, 0.2) is 61.7 Å². The van der Waals surface area contributed by atoms with Crippen LogP contribution in [0.25, 0.3) is 11.0 Å². The Hall–Kier alpha value is -3.04. The van der Waals surface area contributed by atoms with Gasteiger partial charge in [-0.1, -0.05) is 46.3 Å². The number of halogens is 1. The van der Waals surface area contributed by atoms with Gasteiger partial charge in [0.05, 0.1) is 23.6 Å². The van der Waals surface area contributed by atoms with E-state index in [0.717, 1.165) is 16.5 Å². The number of ether oxygens (including phenoxy) is 1. The molecule has 0 radical (unpaired) electrons. The summed E-state index contributed by atoms with van der Waals surface area (Å²) < 4.78 is 12.5. The molecule has 0 spiro atoms. The molecule has 0 saturated heterocycles. The third-order valence-electron chi connectivity index (χ3n) is 5.03. The van der Waals surface area contributed by atoms with Gasteiger partial charge in [-0.2, -0.15) is 0 Å². The molecule has 0 saturated carbocycles. The fourth-order valence-corrected chi connectivity index (χ4v) is 4.67. The molecule has 1 amide bonds. The number of rotatable bonds is 5. The van der Waals surface area contributed by atoms with Crippen molar-refractivity contribution in [2.24, 2.45) is 0 Å². The van der Waals surface area contributed by atoms with Crippen LogP contribution in [0.5, 0.6) is 5.75 Å². The molecule has 0 bridgehead atoms. The molecule has 1 unspecified atom stereocenters. The minimum Gasteiger partial charge on any atom is -0.494 e. The molecule has 7 nitrogen and oxygen atoms in total. The third-order valence-corrected chi connectivity index (χ3v) is 6.22. The van der Waals surface area contributed by atoms with E-state index in [1.54, 1.807) is 23.7 Å². The summed E-state index contributed by atoms with van der Waals surface area (Å²) in [6, 6.07) is 11.9. The molecular weight excluding hydrogens is 482 g/mol. The molecule has 0 N–H and O–H groups in total. The summed E-state index contributed by atoms with van der Waals surface area (Å²) in [5.41, 5.74) is 2.68. The number of hydrogen-bond donors (Lipinski definition) is 0. The van der Waals surface area contributed by atoms with Crippen LogP contribution in [0.4, 0.5) is 5.13 Å². The summed E-state index contributed by atoms with van der Waals surface area (Å²) in [5, 5.41) is 8.76. The maximum atomic E-state index is 13.6. The van der Waals surface area contributed by atoms with Gasteiger partial charge < -0.3 is 9.15 Å². The molecule has 31 heavy (non-hydrogen) atoms. The number of amides is 1. The van der Waals surface area contributed by atoms with Crippen LogP contribution in [-0.4, -0.2) is 22.7 Å². The number of fused-ring (bicyclic) bond motifs is 2. The van der Waals surface area contributed by atoms with Gasteiger partial charge in [-0.3, -0.25) is 14.5 Å². The van der Waals surface area contributed by atoms with Crippen molar-refractivity contribution in [3.05, 3.63) is 79.6 Å². The van der Waals surface area contributed by atoms with Crippen LogP contribution in [0.1, 0.15) is 41.1 Å². The summed E-state index contributed by atoms with van der Waals surface area (Å²) in [7, 11) is 0.